The molecule has 1 amide bonds. The van der Waals surface area contributed by atoms with Gasteiger partial charge in [-0.2, -0.15) is 4.99 Å². The molecule has 6 rings (SSSR count). The Kier molecular flexibility index (Phi) is 7.72. The molecule has 5 aromatic carbocycles. The van der Waals surface area contributed by atoms with Gasteiger partial charge in [0, 0.05) is 11.3 Å². The van der Waals surface area contributed by atoms with Crippen molar-refractivity contribution in [2.24, 2.45) is 9.98 Å². The van der Waals surface area contributed by atoms with Crippen LogP contribution in [0.4, 0.5) is 0 Å². The van der Waals surface area contributed by atoms with E-state index >= 15 is 0 Å². The van der Waals surface area contributed by atoms with Crippen molar-refractivity contribution in [2.45, 2.75) is 5.75 Å². The molecule has 194 valence electrons. The van der Waals surface area contributed by atoms with E-state index in [1.54, 1.807) is 11.8 Å². The van der Waals surface area contributed by atoms with Crippen LogP contribution in [-0.4, -0.2) is 22.1 Å². The first-order valence-corrected chi connectivity index (χ1v) is 15.9. The Morgan fingerprint density at radius 1 is 0.525 bits per heavy atom. The number of hydrogen-bond donors (Lipinski definition) is 0. The van der Waals surface area contributed by atoms with Gasteiger partial charge in [-0.3, -0.25) is 4.79 Å². The van der Waals surface area contributed by atoms with Crippen LogP contribution in [-0.2, 0) is 10.5 Å². The van der Waals surface area contributed by atoms with Crippen molar-refractivity contribution in [3.63, 3.8) is 0 Å². The normalized spacial score (nSPS) is 13.5. The number of amidine groups is 1. The molecule has 1 aliphatic heterocycles. The fourth-order valence-corrected chi connectivity index (χ4v) is 10.7. The molecule has 3 nitrogen and oxygen atoms in total. The summed E-state index contributed by atoms with van der Waals surface area (Å²) in [7, 11) is 0. The van der Waals surface area contributed by atoms with Crippen molar-refractivity contribution in [1.82, 2.24) is 0 Å². The molecule has 0 saturated heterocycles. The molecule has 0 saturated carbocycles. The Balaban J connectivity index is 1.69. The van der Waals surface area contributed by atoms with Crippen molar-refractivity contribution >= 4 is 56.6 Å². The number of thioether (sulfide) groups is 1. The minimum Gasteiger partial charge on any atom is -0.267 e. The SMILES string of the molecule is O=C1N=C(c2ccccc2)N=C(SCc2ccccc2)C1=P(c1ccccc1)(c1ccccc1)c1ccccc1. The van der Waals surface area contributed by atoms with Gasteiger partial charge in [0.1, 0.15) is 5.04 Å². The molecule has 0 radical (unpaired) electrons. The summed E-state index contributed by atoms with van der Waals surface area (Å²) in [5.41, 5.74) is 2.00. The van der Waals surface area contributed by atoms with Gasteiger partial charge in [0.25, 0.3) is 5.91 Å². The highest BCUT2D eigenvalue weighted by molar-refractivity contribution is 8.18. The average molecular weight is 555 g/mol. The molecular weight excluding hydrogens is 527 g/mol. The molecule has 0 spiro atoms. The smallest absolute Gasteiger partial charge is 0.267 e. The second kappa shape index (κ2) is 11.9. The van der Waals surface area contributed by atoms with E-state index in [1.165, 1.54) is 5.56 Å². The van der Waals surface area contributed by atoms with E-state index in [1.807, 2.05) is 66.7 Å². The van der Waals surface area contributed by atoms with E-state index in [2.05, 4.69) is 89.9 Å². The first kappa shape index (κ1) is 26.0. The zero-order valence-electron chi connectivity index (χ0n) is 21.8. The number of benzene rings is 5. The highest BCUT2D eigenvalue weighted by atomic mass is 32.2. The van der Waals surface area contributed by atoms with Crippen molar-refractivity contribution in [3.8, 4) is 0 Å². The number of carbonyl (C=O) groups is 1. The van der Waals surface area contributed by atoms with Crippen LogP contribution < -0.4 is 15.9 Å². The largest absolute Gasteiger partial charge is 0.282 e. The summed E-state index contributed by atoms with van der Waals surface area (Å²) in [6, 6.07) is 51.3. The van der Waals surface area contributed by atoms with Crippen molar-refractivity contribution in [1.29, 1.82) is 0 Å². The fourth-order valence-electron chi connectivity index (χ4n) is 5.03. The number of aliphatic imine (C=N–C) groups is 2. The van der Waals surface area contributed by atoms with Gasteiger partial charge in [-0.15, -0.1) is 11.8 Å². The molecule has 0 atom stereocenters. The van der Waals surface area contributed by atoms with Crippen LogP contribution in [0, 0.1) is 0 Å². The quantitative estimate of drug-likeness (QED) is 0.226. The van der Waals surface area contributed by atoms with Gasteiger partial charge in [-0.25, -0.2) is 4.99 Å². The zero-order valence-corrected chi connectivity index (χ0v) is 23.5. The van der Waals surface area contributed by atoms with Gasteiger partial charge in [0.05, 0.1) is 5.29 Å². The number of amides is 1. The van der Waals surface area contributed by atoms with Crippen LogP contribution in [0.3, 0.4) is 0 Å². The van der Waals surface area contributed by atoms with Crippen molar-refractivity contribution < 1.29 is 4.79 Å². The highest BCUT2D eigenvalue weighted by Gasteiger charge is 2.37. The molecule has 5 aromatic rings. The Labute approximate surface area is 239 Å². The van der Waals surface area contributed by atoms with Crippen LogP contribution in [0.5, 0.6) is 0 Å². The van der Waals surface area contributed by atoms with Crippen molar-refractivity contribution in [3.05, 3.63) is 163 Å². The van der Waals surface area contributed by atoms with Gasteiger partial charge < -0.3 is 0 Å². The van der Waals surface area contributed by atoms with E-state index in [9.17, 15) is 4.79 Å². The number of hydrogen-bond acceptors (Lipinski definition) is 3. The van der Waals surface area contributed by atoms with Crippen LogP contribution in [0.1, 0.15) is 11.1 Å². The molecule has 1 aliphatic rings. The minimum atomic E-state index is -2.67. The molecule has 0 N–H and O–H groups in total. The first-order chi connectivity index (χ1) is 19.8. The number of nitrogens with zero attached hydrogens (tertiary/aromatic N) is 2. The van der Waals surface area contributed by atoms with Gasteiger partial charge in [0.15, 0.2) is 5.84 Å². The van der Waals surface area contributed by atoms with E-state index in [0.29, 0.717) is 16.9 Å². The predicted molar refractivity (Wildman–Crippen MR) is 173 cm³/mol. The van der Waals surface area contributed by atoms with E-state index in [4.69, 9.17) is 4.99 Å². The fraction of sp³-hybridized carbons (Fsp3) is 0.0286. The lowest BCUT2D eigenvalue weighted by atomic mass is 10.2. The molecular formula is C35H27N2OPS. The lowest BCUT2D eigenvalue weighted by molar-refractivity contribution is -0.111. The van der Waals surface area contributed by atoms with E-state index in [0.717, 1.165) is 26.5 Å². The van der Waals surface area contributed by atoms with E-state index < -0.39 is 6.89 Å². The van der Waals surface area contributed by atoms with Gasteiger partial charge in [0.2, 0.25) is 0 Å². The second-order valence-corrected chi connectivity index (χ2v) is 13.6. The molecule has 5 heteroatoms. The first-order valence-electron chi connectivity index (χ1n) is 13.1. The Bertz CT molecular complexity index is 1630. The maximum atomic E-state index is 14.5. The summed E-state index contributed by atoms with van der Waals surface area (Å²) in [6.07, 6.45) is 0. The lowest BCUT2D eigenvalue weighted by Gasteiger charge is -2.33. The second-order valence-electron chi connectivity index (χ2n) is 9.32. The summed E-state index contributed by atoms with van der Waals surface area (Å²) in [5.74, 6) is 0.920. The van der Waals surface area contributed by atoms with Gasteiger partial charge in [-0.05, 0) is 28.4 Å². The van der Waals surface area contributed by atoms with Crippen molar-refractivity contribution in [2.75, 3.05) is 0 Å². The van der Waals surface area contributed by atoms with Crippen LogP contribution >= 0.6 is 18.6 Å². The van der Waals surface area contributed by atoms with Gasteiger partial charge in [-0.1, -0.05) is 152 Å². The molecule has 40 heavy (non-hydrogen) atoms. The van der Waals surface area contributed by atoms with Crippen LogP contribution in [0.25, 0.3) is 0 Å². The summed E-state index contributed by atoms with van der Waals surface area (Å²) in [4.78, 5) is 24.3. The maximum Gasteiger partial charge on any atom is 0.282 e. The topological polar surface area (TPSA) is 41.8 Å². The van der Waals surface area contributed by atoms with Gasteiger partial charge >= 0.3 is 0 Å². The maximum absolute atomic E-state index is 14.5. The molecule has 0 fully saturated rings. The predicted octanol–water partition coefficient (Wildman–Crippen LogP) is 6.47. The third kappa shape index (κ3) is 5.04. The third-order valence-electron chi connectivity index (χ3n) is 6.84. The summed E-state index contributed by atoms with van der Waals surface area (Å²) >= 11 is 1.61. The number of rotatable bonds is 6. The molecule has 1 heterocycles. The van der Waals surface area contributed by atoms with Crippen LogP contribution in [0.2, 0.25) is 0 Å². The van der Waals surface area contributed by atoms with E-state index in [-0.39, 0.29) is 5.91 Å². The minimum absolute atomic E-state index is 0.227. The molecule has 0 unspecified atom stereocenters. The average Bonchev–Trinajstić information content (AvgIpc) is 3.03. The summed E-state index contributed by atoms with van der Waals surface area (Å²) < 4.78 is 0. The number of carbonyl (C=O) groups excluding carboxylic acids is 1. The summed E-state index contributed by atoms with van der Waals surface area (Å²) in [5, 5.41) is 4.70. The highest BCUT2D eigenvalue weighted by Crippen LogP contribution is 2.48. The lowest BCUT2D eigenvalue weighted by Crippen LogP contribution is -2.38. The molecule has 0 aliphatic carbocycles. The van der Waals surface area contributed by atoms with Crippen LogP contribution in [0.15, 0.2) is 162 Å². The zero-order chi connectivity index (χ0) is 27.2. The third-order valence-corrected chi connectivity index (χ3v) is 12.3. The standard InChI is InChI=1S/C35H27N2OPS/c38-34-32(35(40-26-27-16-6-1-7-17-27)37-33(36-34)28-18-8-2-9-19-28)39(29-20-10-3-11-21-29,30-22-12-4-13-23-30)31-24-14-5-15-25-31/h1-25H,26H2. The summed E-state index contributed by atoms with van der Waals surface area (Å²) in [6.45, 7) is -2.67. The Morgan fingerprint density at radius 3 is 1.43 bits per heavy atom. The molecule has 0 bridgehead atoms. The molecule has 0 aromatic heterocycles. The Morgan fingerprint density at radius 2 is 0.950 bits per heavy atom. The Hall–Kier alpha value is -4.24. The monoisotopic (exact) mass is 554 g/mol.